The summed E-state index contributed by atoms with van der Waals surface area (Å²) in [5, 5.41) is 4.74. The van der Waals surface area contributed by atoms with Gasteiger partial charge in [-0.25, -0.2) is 0 Å². The van der Waals surface area contributed by atoms with Crippen molar-refractivity contribution in [3.05, 3.63) is 94.0 Å². The fourth-order valence-corrected chi connectivity index (χ4v) is 3.32. The van der Waals surface area contributed by atoms with Crippen LogP contribution < -0.4 is 10.1 Å². The molecule has 30 heavy (non-hydrogen) atoms. The van der Waals surface area contributed by atoms with Crippen LogP contribution in [0.15, 0.2) is 72.8 Å². The molecule has 1 unspecified atom stereocenters. The van der Waals surface area contributed by atoms with Gasteiger partial charge in [0, 0.05) is 27.7 Å². The summed E-state index contributed by atoms with van der Waals surface area (Å²) in [6.45, 7) is 2.84. The predicted octanol–water partition coefficient (Wildman–Crippen LogP) is 7.60. The normalized spacial score (nSPS) is 11.7. The molecule has 3 nitrogen and oxygen atoms in total. The van der Waals surface area contributed by atoms with Crippen LogP contribution in [0.25, 0.3) is 0 Å². The Kier molecular flexibility index (Phi) is 8.18. The third kappa shape index (κ3) is 6.51. The van der Waals surface area contributed by atoms with Crippen molar-refractivity contribution in [3.63, 3.8) is 0 Å². The van der Waals surface area contributed by atoms with Crippen molar-refractivity contribution in [2.45, 2.75) is 32.2 Å². The van der Waals surface area contributed by atoms with Gasteiger partial charge < -0.3 is 10.1 Å². The van der Waals surface area contributed by atoms with Crippen LogP contribution in [0.4, 0.5) is 5.69 Å². The summed E-state index contributed by atoms with van der Waals surface area (Å²) in [6, 6.07) is 22.2. The van der Waals surface area contributed by atoms with E-state index in [0.717, 1.165) is 29.8 Å². The number of hydrogen-bond acceptors (Lipinski definition) is 3. The Balaban J connectivity index is 1.78. The number of ether oxygens (including phenoxy) is 1. The molecule has 0 aliphatic carbocycles. The lowest BCUT2D eigenvalue weighted by molar-refractivity contribution is 0.0976. The summed E-state index contributed by atoms with van der Waals surface area (Å²) in [4.78, 5) is 12.9. The number of rotatable bonds is 10. The highest BCUT2D eigenvalue weighted by Crippen LogP contribution is 2.27. The highest BCUT2D eigenvalue weighted by Gasteiger charge is 2.18. The van der Waals surface area contributed by atoms with Crippen molar-refractivity contribution in [1.29, 1.82) is 0 Å². The molecule has 0 saturated carbocycles. The molecule has 0 amide bonds. The average molecular weight is 442 g/mol. The zero-order valence-corrected chi connectivity index (χ0v) is 18.4. The Morgan fingerprint density at radius 1 is 0.900 bits per heavy atom. The van der Waals surface area contributed by atoms with Crippen LogP contribution in [0.3, 0.4) is 0 Å². The molecule has 1 atom stereocenters. The van der Waals surface area contributed by atoms with Crippen molar-refractivity contribution in [1.82, 2.24) is 0 Å². The van der Waals surface area contributed by atoms with Crippen LogP contribution in [-0.4, -0.2) is 12.4 Å². The third-order valence-corrected chi connectivity index (χ3v) is 5.29. The van der Waals surface area contributed by atoms with E-state index < -0.39 is 0 Å². The van der Waals surface area contributed by atoms with Gasteiger partial charge in [0.15, 0.2) is 5.78 Å². The van der Waals surface area contributed by atoms with E-state index in [0.29, 0.717) is 28.6 Å². The van der Waals surface area contributed by atoms with E-state index in [4.69, 9.17) is 27.9 Å². The smallest absolute Gasteiger partial charge is 0.165 e. The van der Waals surface area contributed by atoms with E-state index in [2.05, 4.69) is 12.2 Å². The van der Waals surface area contributed by atoms with Gasteiger partial charge in [0.1, 0.15) is 5.75 Å². The summed E-state index contributed by atoms with van der Waals surface area (Å²) in [5.74, 6) is 0.878. The number of nitrogens with one attached hydrogen (secondary N) is 1. The van der Waals surface area contributed by atoms with Crippen LogP contribution in [0.2, 0.25) is 10.0 Å². The van der Waals surface area contributed by atoms with E-state index in [9.17, 15) is 4.79 Å². The first-order valence-electron chi connectivity index (χ1n) is 10.1. The number of carbonyl (C=O) groups excluding carboxylic acids is 1. The highest BCUT2D eigenvalue weighted by molar-refractivity contribution is 6.31. The zero-order valence-electron chi connectivity index (χ0n) is 16.9. The lowest BCUT2D eigenvalue weighted by atomic mass is 9.97. The van der Waals surface area contributed by atoms with E-state index in [1.54, 1.807) is 24.3 Å². The first-order valence-corrected chi connectivity index (χ1v) is 10.8. The molecule has 0 spiro atoms. The summed E-state index contributed by atoms with van der Waals surface area (Å²) < 4.78 is 5.76. The minimum Gasteiger partial charge on any atom is -0.494 e. The standard InChI is InChI=1S/C25H25Cl2NO2/c1-2-3-16-30-23-14-6-18(7-15-23)24(28-22-12-10-21(27)11-13-22)17-25(29)19-4-8-20(26)9-5-19/h4-15,24,28H,2-3,16-17H2,1H3. The molecule has 0 radical (unpaired) electrons. The Bertz CT molecular complexity index is 938. The Morgan fingerprint density at radius 2 is 1.50 bits per heavy atom. The number of Topliss-reactive ketones (excluding diaryl/α,β-unsaturated/α-hetero) is 1. The molecule has 0 aliphatic rings. The number of ketones is 1. The summed E-state index contributed by atoms with van der Waals surface area (Å²) >= 11 is 12.0. The molecular formula is C25H25Cl2NO2. The number of halogens is 2. The highest BCUT2D eigenvalue weighted by atomic mass is 35.5. The second-order valence-electron chi connectivity index (χ2n) is 7.11. The van der Waals surface area contributed by atoms with E-state index >= 15 is 0 Å². The molecule has 0 fully saturated rings. The van der Waals surface area contributed by atoms with Crippen molar-refractivity contribution >= 4 is 34.7 Å². The van der Waals surface area contributed by atoms with E-state index in [1.807, 2.05) is 48.5 Å². The van der Waals surface area contributed by atoms with Crippen LogP contribution in [0.1, 0.15) is 48.1 Å². The largest absolute Gasteiger partial charge is 0.494 e. The molecule has 5 heteroatoms. The van der Waals surface area contributed by atoms with Crippen molar-refractivity contribution in [2.24, 2.45) is 0 Å². The van der Waals surface area contributed by atoms with Gasteiger partial charge in [-0.2, -0.15) is 0 Å². The third-order valence-electron chi connectivity index (χ3n) is 4.79. The minimum atomic E-state index is -0.195. The van der Waals surface area contributed by atoms with Crippen LogP contribution in [-0.2, 0) is 0 Å². The van der Waals surface area contributed by atoms with E-state index in [1.165, 1.54) is 0 Å². The second-order valence-corrected chi connectivity index (χ2v) is 7.98. The van der Waals surface area contributed by atoms with Gasteiger partial charge >= 0.3 is 0 Å². The molecule has 0 bridgehead atoms. The van der Waals surface area contributed by atoms with Crippen LogP contribution in [0, 0.1) is 0 Å². The number of anilines is 1. The molecule has 0 heterocycles. The minimum absolute atomic E-state index is 0.0430. The maximum Gasteiger partial charge on any atom is 0.165 e. The number of hydrogen-bond donors (Lipinski definition) is 1. The molecule has 3 aromatic rings. The molecular weight excluding hydrogens is 417 g/mol. The molecule has 3 rings (SSSR count). The van der Waals surface area contributed by atoms with Gasteiger partial charge in [0.2, 0.25) is 0 Å². The zero-order chi connectivity index (χ0) is 21.3. The predicted molar refractivity (Wildman–Crippen MR) is 125 cm³/mol. The van der Waals surface area contributed by atoms with Crippen molar-refractivity contribution in [2.75, 3.05) is 11.9 Å². The summed E-state index contributed by atoms with van der Waals surface area (Å²) in [6.07, 6.45) is 2.43. The Labute approximate surface area is 188 Å². The molecule has 0 aromatic heterocycles. The maximum atomic E-state index is 12.9. The first-order chi connectivity index (χ1) is 14.5. The Hall–Kier alpha value is -2.49. The average Bonchev–Trinajstić information content (AvgIpc) is 2.76. The van der Waals surface area contributed by atoms with Crippen molar-refractivity contribution in [3.8, 4) is 5.75 Å². The molecule has 3 aromatic carbocycles. The topological polar surface area (TPSA) is 38.3 Å². The fourth-order valence-electron chi connectivity index (χ4n) is 3.07. The monoisotopic (exact) mass is 441 g/mol. The van der Waals surface area contributed by atoms with E-state index in [-0.39, 0.29) is 11.8 Å². The fraction of sp³-hybridized carbons (Fsp3) is 0.240. The van der Waals surface area contributed by atoms with Gasteiger partial charge in [-0.05, 0) is 72.6 Å². The van der Waals surface area contributed by atoms with Gasteiger partial charge in [0.25, 0.3) is 0 Å². The summed E-state index contributed by atoms with van der Waals surface area (Å²) in [7, 11) is 0. The molecule has 156 valence electrons. The first kappa shape index (κ1) is 22.2. The molecule has 0 saturated heterocycles. The van der Waals surface area contributed by atoms with Crippen molar-refractivity contribution < 1.29 is 9.53 Å². The van der Waals surface area contributed by atoms with Gasteiger partial charge in [-0.15, -0.1) is 0 Å². The Morgan fingerprint density at radius 3 is 2.10 bits per heavy atom. The SMILES string of the molecule is CCCCOc1ccc(C(CC(=O)c2ccc(Cl)cc2)Nc2ccc(Cl)cc2)cc1. The van der Waals surface area contributed by atoms with Gasteiger partial charge in [-0.1, -0.05) is 48.7 Å². The molecule has 0 aliphatic heterocycles. The van der Waals surface area contributed by atoms with Crippen LogP contribution >= 0.6 is 23.2 Å². The molecule has 1 N–H and O–H groups in total. The lowest BCUT2D eigenvalue weighted by Gasteiger charge is -2.20. The quantitative estimate of drug-likeness (QED) is 0.260. The van der Waals surface area contributed by atoms with Crippen LogP contribution in [0.5, 0.6) is 5.75 Å². The number of unbranched alkanes of at least 4 members (excludes halogenated alkanes) is 1. The number of benzene rings is 3. The second kappa shape index (κ2) is 11.1. The lowest BCUT2D eigenvalue weighted by Crippen LogP contribution is -2.16. The number of carbonyl (C=O) groups is 1. The summed E-state index contributed by atoms with van der Waals surface area (Å²) in [5.41, 5.74) is 2.55. The van der Waals surface area contributed by atoms with Gasteiger partial charge in [0.05, 0.1) is 12.6 Å². The van der Waals surface area contributed by atoms with Gasteiger partial charge in [-0.3, -0.25) is 4.79 Å². The maximum absolute atomic E-state index is 12.9.